The van der Waals surface area contributed by atoms with Crippen LogP contribution in [0.15, 0.2) is 21.5 Å². The molecule has 2 rings (SSSR count). The highest BCUT2D eigenvalue weighted by atomic mass is 31.1. The monoisotopic (exact) mass is 312 g/mol. The molecule has 0 amide bonds. The summed E-state index contributed by atoms with van der Waals surface area (Å²) < 4.78 is 12.2. The maximum Gasteiger partial charge on any atom is 0.350 e. The van der Waals surface area contributed by atoms with Gasteiger partial charge in [-0.2, -0.15) is 4.98 Å². The lowest BCUT2D eigenvalue weighted by Gasteiger charge is -2.04. The van der Waals surface area contributed by atoms with Crippen LogP contribution in [0.2, 0.25) is 0 Å². The number of aryl methyl sites for hydroxylation is 1. The SMILES string of the molecule is CCCCCc1cc2cn(CCOC[PH2+][O-])c(=O)nc2o1. The maximum atomic E-state index is 11.8. The number of hydrogen-bond donors (Lipinski definition) is 0. The van der Waals surface area contributed by atoms with E-state index < -0.39 is 8.81 Å². The van der Waals surface area contributed by atoms with E-state index in [0.717, 1.165) is 36.8 Å². The molecule has 0 bridgehead atoms. The number of furan rings is 1. The van der Waals surface area contributed by atoms with Crippen molar-refractivity contribution in [2.45, 2.75) is 39.2 Å². The molecular formula is C14H21N2O4P. The molecule has 2 heterocycles. The van der Waals surface area contributed by atoms with Crippen molar-refractivity contribution in [1.82, 2.24) is 9.55 Å². The van der Waals surface area contributed by atoms with E-state index in [1.54, 1.807) is 6.20 Å². The second-order valence-corrected chi connectivity index (χ2v) is 5.56. The van der Waals surface area contributed by atoms with Gasteiger partial charge in [0.1, 0.15) is 12.1 Å². The highest BCUT2D eigenvalue weighted by molar-refractivity contribution is 7.29. The second-order valence-electron chi connectivity index (χ2n) is 4.89. The van der Waals surface area contributed by atoms with Gasteiger partial charge in [0.15, 0.2) is 0 Å². The Morgan fingerprint density at radius 3 is 3.10 bits per heavy atom. The number of fused-ring (bicyclic) bond motifs is 1. The Labute approximate surface area is 125 Å². The zero-order valence-corrected chi connectivity index (χ0v) is 13.4. The number of hydrogen-bond acceptors (Lipinski definition) is 5. The third-order valence-electron chi connectivity index (χ3n) is 3.22. The van der Waals surface area contributed by atoms with Gasteiger partial charge in [-0.1, -0.05) is 19.8 Å². The van der Waals surface area contributed by atoms with Crippen molar-refractivity contribution in [2.75, 3.05) is 13.0 Å². The molecule has 0 N–H and O–H groups in total. The van der Waals surface area contributed by atoms with Gasteiger partial charge < -0.3 is 14.0 Å². The Morgan fingerprint density at radius 2 is 2.33 bits per heavy atom. The molecule has 0 radical (unpaired) electrons. The molecule has 0 saturated carbocycles. The Morgan fingerprint density at radius 1 is 1.48 bits per heavy atom. The van der Waals surface area contributed by atoms with Crippen molar-refractivity contribution in [1.29, 1.82) is 0 Å². The molecule has 2 aromatic heterocycles. The predicted molar refractivity (Wildman–Crippen MR) is 82.0 cm³/mol. The zero-order valence-electron chi connectivity index (χ0n) is 12.2. The summed E-state index contributed by atoms with van der Waals surface area (Å²) in [4.78, 5) is 26.2. The molecule has 7 heteroatoms. The lowest BCUT2D eigenvalue weighted by atomic mass is 10.2. The Balaban J connectivity index is 2.06. The molecule has 0 saturated heterocycles. The normalized spacial score (nSPS) is 11.9. The fourth-order valence-electron chi connectivity index (χ4n) is 2.13. The number of nitrogens with zero attached hydrogens (tertiary/aromatic N) is 2. The Hall–Kier alpha value is -1.23. The topological polar surface area (TPSA) is 80.3 Å². The predicted octanol–water partition coefficient (Wildman–Crippen LogP) is 1.38. The first kappa shape index (κ1) is 16.1. The summed E-state index contributed by atoms with van der Waals surface area (Å²) in [5.41, 5.74) is 0.0442. The lowest BCUT2D eigenvalue weighted by molar-refractivity contribution is -0.154. The third-order valence-corrected chi connectivity index (χ3v) is 3.59. The summed E-state index contributed by atoms with van der Waals surface area (Å²) in [6.07, 6.45) is 6.26. The first-order chi connectivity index (χ1) is 10.2. The van der Waals surface area contributed by atoms with Crippen molar-refractivity contribution in [3.05, 3.63) is 28.5 Å². The van der Waals surface area contributed by atoms with Crippen molar-refractivity contribution < 1.29 is 14.0 Å². The van der Waals surface area contributed by atoms with E-state index in [-0.39, 0.29) is 12.0 Å². The smallest absolute Gasteiger partial charge is 0.350 e. The molecule has 1 unspecified atom stereocenters. The molecule has 0 aliphatic carbocycles. The third kappa shape index (κ3) is 4.63. The van der Waals surface area contributed by atoms with Gasteiger partial charge in [0.2, 0.25) is 5.71 Å². The number of ether oxygens (including phenoxy) is 1. The Kier molecular flexibility index (Phi) is 6.36. The van der Waals surface area contributed by atoms with E-state index in [0.29, 0.717) is 18.9 Å². The van der Waals surface area contributed by atoms with Crippen molar-refractivity contribution in [2.24, 2.45) is 0 Å². The van der Waals surface area contributed by atoms with E-state index in [4.69, 9.17) is 9.15 Å². The molecule has 6 nitrogen and oxygen atoms in total. The van der Waals surface area contributed by atoms with Gasteiger partial charge in [-0.05, 0) is 21.3 Å². The van der Waals surface area contributed by atoms with Crippen LogP contribution in [0.1, 0.15) is 31.9 Å². The largest absolute Gasteiger partial charge is 0.681 e. The van der Waals surface area contributed by atoms with Crippen molar-refractivity contribution in [3.8, 4) is 0 Å². The maximum absolute atomic E-state index is 11.8. The van der Waals surface area contributed by atoms with Gasteiger partial charge in [-0.3, -0.25) is 4.57 Å². The van der Waals surface area contributed by atoms with Crippen LogP contribution in [0, 0.1) is 0 Å². The molecule has 0 spiro atoms. The summed E-state index contributed by atoms with van der Waals surface area (Å²) in [6, 6.07) is 1.94. The van der Waals surface area contributed by atoms with Gasteiger partial charge in [0, 0.05) is 12.6 Å². The van der Waals surface area contributed by atoms with Gasteiger partial charge in [-0.25, -0.2) is 4.79 Å². The quantitative estimate of drug-likeness (QED) is 0.516. The fraction of sp³-hybridized carbons (Fsp3) is 0.571. The first-order valence-electron chi connectivity index (χ1n) is 7.26. The van der Waals surface area contributed by atoms with Crippen LogP contribution in [0.4, 0.5) is 0 Å². The molecule has 0 fully saturated rings. The highest BCUT2D eigenvalue weighted by Crippen LogP contribution is 2.17. The zero-order chi connectivity index (χ0) is 15.1. The molecule has 21 heavy (non-hydrogen) atoms. The van der Waals surface area contributed by atoms with Crippen LogP contribution in [0.5, 0.6) is 0 Å². The molecule has 2 aromatic rings. The van der Waals surface area contributed by atoms with Gasteiger partial charge in [0.05, 0.1) is 18.5 Å². The van der Waals surface area contributed by atoms with Gasteiger partial charge >= 0.3 is 5.69 Å². The average molecular weight is 312 g/mol. The summed E-state index contributed by atoms with van der Waals surface area (Å²) in [7, 11) is -0.904. The summed E-state index contributed by atoms with van der Waals surface area (Å²) in [6.45, 7) is 2.91. The van der Waals surface area contributed by atoms with Crippen LogP contribution in [0.25, 0.3) is 11.1 Å². The second kappa shape index (κ2) is 8.27. The minimum atomic E-state index is -0.904. The van der Waals surface area contributed by atoms with Crippen LogP contribution < -0.4 is 10.6 Å². The van der Waals surface area contributed by atoms with Crippen molar-refractivity contribution >= 4 is 19.9 Å². The first-order valence-corrected chi connectivity index (χ1v) is 8.54. The van der Waals surface area contributed by atoms with Crippen LogP contribution >= 0.6 is 8.81 Å². The minimum absolute atomic E-state index is 0.248. The molecule has 0 aromatic carbocycles. The van der Waals surface area contributed by atoms with E-state index in [1.807, 2.05) is 6.07 Å². The van der Waals surface area contributed by atoms with Crippen molar-refractivity contribution in [3.63, 3.8) is 0 Å². The number of aromatic nitrogens is 2. The van der Waals surface area contributed by atoms with Crippen LogP contribution in [-0.4, -0.2) is 22.5 Å². The summed E-state index contributed by atoms with van der Waals surface area (Å²) in [5, 5.41) is 0.829. The summed E-state index contributed by atoms with van der Waals surface area (Å²) >= 11 is 0. The Bertz CT molecular complexity index is 623. The van der Waals surface area contributed by atoms with Crippen LogP contribution in [0.3, 0.4) is 0 Å². The molecule has 0 aliphatic rings. The molecular weight excluding hydrogens is 291 g/mol. The summed E-state index contributed by atoms with van der Waals surface area (Å²) in [5.74, 6) is 0.870. The lowest BCUT2D eigenvalue weighted by Crippen LogP contribution is -2.24. The number of rotatable bonds is 9. The van der Waals surface area contributed by atoms with E-state index >= 15 is 0 Å². The highest BCUT2D eigenvalue weighted by Gasteiger charge is 2.08. The van der Waals surface area contributed by atoms with E-state index in [2.05, 4.69) is 11.9 Å². The van der Waals surface area contributed by atoms with Gasteiger partial charge in [-0.15, -0.1) is 0 Å². The molecule has 1 atom stereocenters. The van der Waals surface area contributed by atoms with Crippen LogP contribution in [-0.2, 0) is 17.7 Å². The minimum Gasteiger partial charge on any atom is -0.681 e. The fourth-order valence-corrected chi connectivity index (χ4v) is 2.39. The molecule has 116 valence electrons. The molecule has 0 aliphatic heterocycles. The average Bonchev–Trinajstić information content (AvgIpc) is 2.85. The van der Waals surface area contributed by atoms with E-state index in [1.165, 1.54) is 4.57 Å². The van der Waals surface area contributed by atoms with E-state index in [9.17, 15) is 9.69 Å². The standard InChI is InChI=1S/C14H21N2O4P/c1-2-3-4-5-12-8-11-9-16(6-7-19-10-21-18)14(17)15-13(11)20-12/h8-9H,2-7,10,21H2,1H3. The van der Waals surface area contributed by atoms with Gasteiger partial charge in [0.25, 0.3) is 0 Å². The number of unbranched alkanes of at least 4 members (excludes halogenated alkanes) is 2.